The van der Waals surface area contributed by atoms with Gasteiger partial charge < -0.3 is 15.1 Å². The molecule has 0 saturated heterocycles. The van der Waals surface area contributed by atoms with Gasteiger partial charge in [0.2, 0.25) is 0 Å². The Morgan fingerprint density at radius 2 is 1.95 bits per heavy atom. The SMILES string of the molecule is CCNCc1c(F)cccc1N(C)CC1(N(C)C)CCC1. The van der Waals surface area contributed by atoms with Crippen LogP contribution in [-0.2, 0) is 6.54 Å². The average molecular weight is 293 g/mol. The van der Waals surface area contributed by atoms with Crippen molar-refractivity contribution < 1.29 is 4.39 Å². The van der Waals surface area contributed by atoms with Crippen molar-refractivity contribution in [1.82, 2.24) is 10.2 Å². The Morgan fingerprint density at radius 1 is 1.24 bits per heavy atom. The minimum Gasteiger partial charge on any atom is -0.372 e. The molecule has 118 valence electrons. The standard InChI is InChI=1S/C17H28FN3/c1-5-19-12-14-15(18)8-6-9-16(14)21(4)13-17(20(2)3)10-7-11-17/h6,8-9,19H,5,7,10-13H2,1-4H3. The van der Waals surface area contributed by atoms with Crippen molar-refractivity contribution >= 4 is 5.69 Å². The fraction of sp³-hybridized carbons (Fsp3) is 0.647. The van der Waals surface area contributed by atoms with Gasteiger partial charge in [-0.05, 0) is 52.0 Å². The zero-order chi connectivity index (χ0) is 15.5. The zero-order valence-electron chi connectivity index (χ0n) is 13.7. The molecule has 3 nitrogen and oxygen atoms in total. The van der Waals surface area contributed by atoms with E-state index >= 15 is 0 Å². The minimum absolute atomic E-state index is 0.118. The van der Waals surface area contributed by atoms with Gasteiger partial charge >= 0.3 is 0 Å². The Balaban J connectivity index is 2.18. The van der Waals surface area contributed by atoms with Crippen LogP contribution in [0.25, 0.3) is 0 Å². The normalized spacial score (nSPS) is 16.9. The molecule has 2 rings (SSSR count). The molecule has 1 N–H and O–H groups in total. The fourth-order valence-electron chi connectivity index (χ4n) is 3.19. The molecular formula is C17H28FN3. The highest BCUT2D eigenvalue weighted by Gasteiger charge is 2.40. The molecule has 0 bridgehead atoms. The highest BCUT2D eigenvalue weighted by atomic mass is 19.1. The van der Waals surface area contributed by atoms with E-state index in [2.05, 4.69) is 36.3 Å². The molecule has 0 heterocycles. The van der Waals surface area contributed by atoms with Crippen molar-refractivity contribution in [2.24, 2.45) is 0 Å². The predicted molar refractivity (Wildman–Crippen MR) is 87.3 cm³/mol. The highest BCUT2D eigenvalue weighted by Crippen LogP contribution is 2.38. The molecule has 1 aromatic carbocycles. The van der Waals surface area contributed by atoms with Gasteiger partial charge in [0.1, 0.15) is 5.82 Å². The van der Waals surface area contributed by atoms with Crippen molar-refractivity contribution in [1.29, 1.82) is 0 Å². The summed E-state index contributed by atoms with van der Waals surface area (Å²) in [4.78, 5) is 4.55. The van der Waals surface area contributed by atoms with Crippen LogP contribution >= 0.6 is 0 Å². The number of likely N-dealkylation sites (N-methyl/N-ethyl adjacent to an activating group) is 2. The topological polar surface area (TPSA) is 18.5 Å². The van der Waals surface area contributed by atoms with Crippen molar-refractivity contribution in [3.63, 3.8) is 0 Å². The number of benzene rings is 1. The van der Waals surface area contributed by atoms with Gasteiger partial charge in [0.15, 0.2) is 0 Å². The largest absolute Gasteiger partial charge is 0.372 e. The number of nitrogens with zero attached hydrogens (tertiary/aromatic N) is 2. The van der Waals surface area contributed by atoms with Crippen LogP contribution in [0.1, 0.15) is 31.7 Å². The summed E-state index contributed by atoms with van der Waals surface area (Å²) in [5.74, 6) is -0.118. The van der Waals surface area contributed by atoms with E-state index in [9.17, 15) is 4.39 Å². The van der Waals surface area contributed by atoms with Gasteiger partial charge in [0.25, 0.3) is 0 Å². The van der Waals surface area contributed by atoms with Crippen LogP contribution in [0.4, 0.5) is 10.1 Å². The summed E-state index contributed by atoms with van der Waals surface area (Å²) in [6.45, 7) is 4.42. The van der Waals surface area contributed by atoms with Gasteiger partial charge in [-0.3, -0.25) is 0 Å². The molecule has 0 unspecified atom stereocenters. The van der Waals surface area contributed by atoms with E-state index in [0.29, 0.717) is 6.54 Å². The summed E-state index contributed by atoms with van der Waals surface area (Å²) in [5, 5.41) is 3.24. The lowest BCUT2D eigenvalue weighted by atomic mass is 9.75. The molecule has 1 aliphatic rings. The van der Waals surface area contributed by atoms with E-state index in [1.165, 1.54) is 19.3 Å². The summed E-state index contributed by atoms with van der Waals surface area (Å²) in [6, 6.07) is 5.38. The molecule has 4 heteroatoms. The second-order valence-corrected chi connectivity index (χ2v) is 6.35. The summed E-state index contributed by atoms with van der Waals surface area (Å²) in [6.07, 6.45) is 3.74. The monoisotopic (exact) mass is 293 g/mol. The van der Waals surface area contributed by atoms with E-state index in [0.717, 1.165) is 24.3 Å². The molecule has 0 spiro atoms. The van der Waals surface area contributed by atoms with Crippen LogP contribution in [-0.4, -0.2) is 44.7 Å². The molecule has 1 saturated carbocycles. The smallest absolute Gasteiger partial charge is 0.129 e. The zero-order valence-corrected chi connectivity index (χ0v) is 13.7. The van der Waals surface area contributed by atoms with E-state index in [-0.39, 0.29) is 11.4 Å². The van der Waals surface area contributed by atoms with E-state index < -0.39 is 0 Å². The van der Waals surface area contributed by atoms with Crippen LogP contribution in [0.5, 0.6) is 0 Å². The molecule has 1 aromatic rings. The quantitative estimate of drug-likeness (QED) is 0.834. The van der Waals surface area contributed by atoms with Gasteiger partial charge in [-0.15, -0.1) is 0 Å². The summed E-state index contributed by atoms with van der Waals surface area (Å²) < 4.78 is 14.1. The molecular weight excluding hydrogens is 265 g/mol. The predicted octanol–water partition coefficient (Wildman–Crippen LogP) is 2.86. The maximum atomic E-state index is 14.1. The Hall–Kier alpha value is -1.13. The molecule has 1 fully saturated rings. The lowest BCUT2D eigenvalue weighted by Crippen LogP contribution is -2.56. The van der Waals surface area contributed by atoms with Crippen molar-refractivity contribution in [2.75, 3.05) is 39.1 Å². The molecule has 1 aliphatic carbocycles. The third-order valence-electron chi connectivity index (χ3n) is 4.82. The molecule has 0 aromatic heterocycles. The summed E-state index contributed by atoms with van der Waals surface area (Å²) in [5.41, 5.74) is 2.02. The van der Waals surface area contributed by atoms with Crippen molar-refractivity contribution in [3.8, 4) is 0 Å². The van der Waals surface area contributed by atoms with E-state index in [1.807, 2.05) is 13.0 Å². The number of nitrogens with one attached hydrogen (secondary N) is 1. The molecule has 0 radical (unpaired) electrons. The van der Waals surface area contributed by atoms with Crippen LogP contribution in [0.3, 0.4) is 0 Å². The molecule has 0 aliphatic heterocycles. The lowest BCUT2D eigenvalue weighted by molar-refractivity contribution is 0.0683. The first-order valence-electron chi connectivity index (χ1n) is 7.87. The second kappa shape index (κ2) is 6.75. The van der Waals surface area contributed by atoms with Crippen LogP contribution in [0, 0.1) is 5.82 Å². The number of hydrogen-bond acceptors (Lipinski definition) is 3. The summed E-state index contributed by atoms with van der Waals surface area (Å²) >= 11 is 0. The maximum absolute atomic E-state index is 14.1. The third kappa shape index (κ3) is 3.38. The van der Waals surface area contributed by atoms with Gasteiger partial charge in [0, 0.05) is 36.9 Å². The Morgan fingerprint density at radius 3 is 2.48 bits per heavy atom. The number of hydrogen-bond donors (Lipinski definition) is 1. The number of anilines is 1. The van der Waals surface area contributed by atoms with Gasteiger partial charge in [0.05, 0.1) is 0 Å². The van der Waals surface area contributed by atoms with Crippen molar-refractivity contribution in [2.45, 2.75) is 38.3 Å². The minimum atomic E-state index is -0.118. The van der Waals surface area contributed by atoms with Crippen LogP contribution < -0.4 is 10.2 Å². The molecule has 0 atom stereocenters. The summed E-state index contributed by atoms with van der Waals surface area (Å²) in [7, 11) is 6.38. The third-order valence-corrected chi connectivity index (χ3v) is 4.82. The Kier molecular flexibility index (Phi) is 5.22. The van der Waals surface area contributed by atoms with Crippen LogP contribution in [0.15, 0.2) is 18.2 Å². The first-order chi connectivity index (χ1) is 10.00. The molecule has 0 amide bonds. The average Bonchev–Trinajstić information content (AvgIpc) is 2.40. The number of rotatable bonds is 7. The first kappa shape index (κ1) is 16.2. The lowest BCUT2D eigenvalue weighted by Gasteiger charge is -2.49. The van der Waals surface area contributed by atoms with Crippen molar-refractivity contribution in [3.05, 3.63) is 29.6 Å². The number of halogens is 1. The van der Waals surface area contributed by atoms with Crippen LogP contribution in [0.2, 0.25) is 0 Å². The fourth-order valence-corrected chi connectivity index (χ4v) is 3.19. The van der Waals surface area contributed by atoms with E-state index in [4.69, 9.17) is 0 Å². The highest BCUT2D eigenvalue weighted by molar-refractivity contribution is 5.54. The van der Waals surface area contributed by atoms with Gasteiger partial charge in [-0.1, -0.05) is 13.0 Å². The van der Waals surface area contributed by atoms with Gasteiger partial charge in [-0.2, -0.15) is 0 Å². The first-order valence-corrected chi connectivity index (χ1v) is 7.87. The molecule has 21 heavy (non-hydrogen) atoms. The Labute approximate surface area is 128 Å². The van der Waals surface area contributed by atoms with Gasteiger partial charge in [-0.25, -0.2) is 4.39 Å². The second-order valence-electron chi connectivity index (χ2n) is 6.35. The Bertz CT molecular complexity index is 469. The van der Waals surface area contributed by atoms with E-state index in [1.54, 1.807) is 12.1 Å². The maximum Gasteiger partial charge on any atom is 0.129 e.